The van der Waals surface area contributed by atoms with Crippen molar-refractivity contribution >= 4 is 10.0 Å². The number of aryl methyl sites for hydroxylation is 1. The van der Waals surface area contributed by atoms with Crippen molar-refractivity contribution in [1.82, 2.24) is 14.5 Å². The lowest BCUT2D eigenvalue weighted by molar-refractivity contribution is -0.274. The maximum atomic E-state index is 12.0. The molecule has 0 unspecified atom stereocenters. The largest absolute Gasteiger partial charge is 0.573 e. The van der Waals surface area contributed by atoms with Gasteiger partial charge in [-0.3, -0.25) is 4.68 Å². The van der Waals surface area contributed by atoms with Gasteiger partial charge >= 0.3 is 6.36 Å². The van der Waals surface area contributed by atoms with E-state index in [9.17, 15) is 21.6 Å². The molecule has 0 bridgehead atoms. The molecule has 1 N–H and O–H groups in total. The number of nitrogens with zero attached hydrogens (tertiary/aromatic N) is 2. The Balaban J connectivity index is 1.88. The van der Waals surface area contributed by atoms with E-state index in [4.69, 9.17) is 0 Å². The number of sulfonamides is 1. The fraction of sp³-hybridized carbons (Fsp3) is 0.308. The van der Waals surface area contributed by atoms with E-state index >= 15 is 0 Å². The second kappa shape index (κ2) is 7.01. The molecule has 0 amide bonds. The molecule has 23 heavy (non-hydrogen) atoms. The maximum Gasteiger partial charge on any atom is 0.573 e. The molecule has 6 nitrogen and oxygen atoms in total. The van der Waals surface area contributed by atoms with Gasteiger partial charge in [-0.1, -0.05) is 0 Å². The number of ether oxygens (including phenoxy) is 1. The van der Waals surface area contributed by atoms with Crippen LogP contribution in [0.2, 0.25) is 0 Å². The van der Waals surface area contributed by atoms with Crippen LogP contribution in [0.4, 0.5) is 13.2 Å². The predicted molar refractivity (Wildman–Crippen MR) is 75.2 cm³/mol. The van der Waals surface area contributed by atoms with Crippen LogP contribution in [0.1, 0.15) is 6.42 Å². The molecule has 2 rings (SSSR count). The maximum absolute atomic E-state index is 12.0. The van der Waals surface area contributed by atoms with Gasteiger partial charge in [-0.05, 0) is 36.8 Å². The molecule has 0 fully saturated rings. The molecule has 0 aliphatic heterocycles. The quantitative estimate of drug-likeness (QED) is 0.778. The molecular weight excluding hydrogens is 335 g/mol. The third kappa shape index (κ3) is 5.57. The average molecular weight is 349 g/mol. The summed E-state index contributed by atoms with van der Waals surface area (Å²) in [5.74, 6) is -0.477. The zero-order chi connectivity index (χ0) is 16.9. The molecule has 1 aromatic carbocycles. The SMILES string of the molecule is O=S(=O)(NCCCn1cccn1)c1ccc(OC(F)(F)F)cc1. The Morgan fingerprint density at radius 1 is 1.22 bits per heavy atom. The summed E-state index contributed by atoms with van der Waals surface area (Å²) < 4.78 is 67.8. The molecule has 1 aromatic heterocycles. The summed E-state index contributed by atoms with van der Waals surface area (Å²) in [4.78, 5) is -0.133. The Morgan fingerprint density at radius 3 is 2.48 bits per heavy atom. The van der Waals surface area contributed by atoms with E-state index < -0.39 is 22.1 Å². The van der Waals surface area contributed by atoms with Gasteiger partial charge in [0.25, 0.3) is 0 Å². The van der Waals surface area contributed by atoms with Crippen LogP contribution in [0.5, 0.6) is 5.75 Å². The minimum atomic E-state index is -4.81. The van der Waals surface area contributed by atoms with Gasteiger partial charge < -0.3 is 4.74 Å². The monoisotopic (exact) mass is 349 g/mol. The number of alkyl halides is 3. The van der Waals surface area contributed by atoms with Crippen LogP contribution in [-0.4, -0.2) is 31.1 Å². The smallest absolute Gasteiger partial charge is 0.406 e. The van der Waals surface area contributed by atoms with Crippen LogP contribution in [-0.2, 0) is 16.6 Å². The molecule has 0 atom stereocenters. The van der Waals surface area contributed by atoms with E-state index in [1.54, 1.807) is 23.1 Å². The number of aromatic nitrogens is 2. The summed E-state index contributed by atoms with van der Waals surface area (Å²) in [6.45, 7) is 0.733. The topological polar surface area (TPSA) is 73.2 Å². The third-order valence-corrected chi connectivity index (χ3v) is 4.26. The van der Waals surface area contributed by atoms with E-state index in [-0.39, 0.29) is 11.4 Å². The molecule has 0 aliphatic rings. The first kappa shape index (κ1) is 17.3. The average Bonchev–Trinajstić information content (AvgIpc) is 2.96. The molecule has 126 valence electrons. The summed E-state index contributed by atoms with van der Waals surface area (Å²) in [5.41, 5.74) is 0. The summed E-state index contributed by atoms with van der Waals surface area (Å²) in [6, 6.07) is 5.76. The normalized spacial score (nSPS) is 12.3. The Kier molecular flexibility index (Phi) is 5.26. The van der Waals surface area contributed by atoms with Gasteiger partial charge in [-0.25, -0.2) is 13.1 Å². The second-order valence-corrected chi connectivity index (χ2v) is 6.31. The minimum Gasteiger partial charge on any atom is -0.406 e. The Morgan fingerprint density at radius 2 is 1.91 bits per heavy atom. The van der Waals surface area contributed by atoms with Crippen molar-refractivity contribution in [2.45, 2.75) is 24.2 Å². The van der Waals surface area contributed by atoms with Crippen molar-refractivity contribution < 1.29 is 26.3 Å². The van der Waals surface area contributed by atoms with E-state index in [0.717, 1.165) is 24.3 Å². The van der Waals surface area contributed by atoms with Gasteiger partial charge in [0.15, 0.2) is 0 Å². The molecule has 0 spiro atoms. The molecule has 10 heteroatoms. The molecule has 2 aromatic rings. The lowest BCUT2D eigenvalue weighted by Gasteiger charge is -2.10. The van der Waals surface area contributed by atoms with Crippen molar-refractivity contribution in [3.63, 3.8) is 0 Å². The van der Waals surface area contributed by atoms with Crippen LogP contribution in [0.3, 0.4) is 0 Å². The summed E-state index contributed by atoms with van der Waals surface area (Å²) in [7, 11) is -3.78. The van der Waals surface area contributed by atoms with Gasteiger partial charge in [0.05, 0.1) is 4.90 Å². The summed E-state index contributed by atoms with van der Waals surface area (Å²) in [6.07, 6.45) is -0.913. The van der Waals surface area contributed by atoms with Crippen LogP contribution in [0.25, 0.3) is 0 Å². The number of hydrogen-bond acceptors (Lipinski definition) is 4. The van der Waals surface area contributed by atoms with E-state index in [0.29, 0.717) is 13.0 Å². The van der Waals surface area contributed by atoms with E-state index in [2.05, 4.69) is 14.6 Å². The summed E-state index contributed by atoms with van der Waals surface area (Å²) in [5, 5.41) is 3.98. The Bertz CT molecular complexity index is 713. The number of benzene rings is 1. The summed E-state index contributed by atoms with van der Waals surface area (Å²) >= 11 is 0. The van der Waals surface area contributed by atoms with Crippen LogP contribution >= 0.6 is 0 Å². The van der Waals surface area contributed by atoms with Gasteiger partial charge in [-0.2, -0.15) is 5.10 Å². The molecule has 0 aliphatic carbocycles. The van der Waals surface area contributed by atoms with Crippen LogP contribution in [0.15, 0.2) is 47.6 Å². The van der Waals surface area contributed by atoms with E-state index in [1.807, 2.05) is 0 Å². The first-order valence-electron chi connectivity index (χ1n) is 6.59. The van der Waals surface area contributed by atoms with Crippen molar-refractivity contribution in [2.24, 2.45) is 0 Å². The van der Waals surface area contributed by atoms with Gasteiger partial charge in [0.2, 0.25) is 10.0 Å². The first-order valence-corrected chi connectivity index (χ1v) is 8.07. The molecule has 0 radical (unpaired) electrons. The highest BCUT2D eigenvalue weighted by molar-refractivity contribution is 7.89. The third-order valence-electron chi connectivity index (χ3n) is 2.78. The molecule has 0 saturated heterocycles. The van der Waals surface area contributed by atoms with Crippen LogP contribution < -0.4 is 9.46 Å². The van der Waals surface area contributed by atoms with Crippen molar-refractivity contribution in [3.05, 3.63) is 42.7 Å². The van der Waals surface area contributed by atoms with Gasteiger partial charge in [-0.15, -0.1) is 13.2 Å². The number of nitrogens with one attached hydrogen (secondary N) is 1. The first-order chi connectivity index (χ1) is 10.8. The molecular formula is C13H14F3N3O3S. The highest BCUT2D eigenvalue weighted by Gasteiger charge is 2.31. The van der Waals surface area contributed by atoms with Crippen molar-refractivity contribution in [1.29, 1.82) is 0 Å². The Labute approximate surface area is 130 Å². The zero-order valence-corrected chi connectivity index (χ0v) is 12.6. The second-order valence-electron chi connectivity index (χ2n) is 4.54. The Hall–Kier alpha value is -2.07. The minimum absolute atomic E-state index is 0.133. The fourth-order valence-corrected chi connectivity index (χ4v) is 2.86. The standard InChI is InChI=1S/C13H14F3N3O3S/c14-13(15,16)22-11-3-5-12(6-4-11)23(20,21)18-8-2-10-19-9-1-7-17-19/h1,3-7,9,18H,2,8,10H2. The fourth-order valence-electron chi connectivity index (χ4n) is 1.78. The van der Waals surface area contributed by atoms with Crippen molar-refractivity contribution in [2.75, 3.05) is 6.54 Å². The molecule has 0 saturated carbocycles. The van der Waals surface area contributed by atoms with Crippen LogP contribution in [0, 0.1) is 0 Å². The lowest BCUT2D eigenvalue weighted by Crippen LogP contribution is -2.25. The highest BCUT2D eigenvalue weighted by atomic mass is 32.2. The predicted octanol–water partition coefficient (Wildman–Crippen LogP) is 2.15. The highest BCUT2D eigenvalue weighted by Crippen LogP contribution is 2.23. The molecule has 1 heterocycles. The number of hydrogen-bond donors (Lipinski definition) is 1. The lowest BCUT2D eigenvalue weighted by atomic mass is 10.3. The van der Waals surface area contributed by atoms with Gasteiger partial charge in [0, 0.05) is 25.5 Å². The zero-order valence-electron chi connectivity index (χ0n) is 11.8. The van der Waals surface area contributed by atoms with Gasteiger partial charge in [0.1, 0.15) is 5.75 Å². The van der Waals surface area contributed by atoms with Crippen molar-refractivity contribution in [3.8, 4) is 5.75 Å². The number of rotatable bonds is 7. The number of halogens is 3. The van der Waals surface area contributed by atoms with E-state index in [1.165, 1.54) is 0 Å².